The molecule has 2 aliphatic rings. The first-order chi connectivity index (χ1) is 19.6. The zero-order valence-electron chi connectivity index (χ0n) is 22.7. The summed E-state index contributed by atoms with van der Waals surface area (Å²) in [7, 11) is 0. The van der Waals surface area contributed by atoms with E-state index in [0.717, 1.165) is 16.7 Å². The third-order valence-corrected chi connectivity index (χ3v) is 7.56. The fraction of sp³-hybridized carbons (Fsp3) is 0.414. The Morgan fingerprint density at radius 3 is 2.32 bits per heavy atom. The monoisotopic (exact) mass is 564 g/mol. The van der Waals surface area contributed by atoms with Crippen molar-refractivity contribution in [2.24, 2.45) is 11.5 Å². The molecule has 1 aliphatic heterocycles. The van der Waals surface area contributed by atoms with Gasteiger partial charge in [-0.05, 0) is 54.5 Å². The predicted octanol–water partition coefficient (Wildman–Crippen LogP) is -0.939. The van der Waals surface area contributed by atoms with Gasteiger partial charge in [-0.15, -0.1) is 0 Å². The number of phenolic OH excluding ortho intramolecular Hbond substituents is 1. The zero-order valence-corrected chi connectivity index (χ0v) is 22.7. The van der Waals surface area contributed by atoms with E-state index in [1.165, 1.54) is 12.1 Å². The second-order valence-corrected chi connectivity index (χ2v) is 10.7. The molecule has 218 valence electrons. The Bertz CT molecular complexity index is 1290. The standard InChI is InChI=1S/C29H36N6O6/c30-21(14-17-7-9-20(36)10-8-17)26(39)33-23-6-3-13-32-24(37)12-11-22(25(31)38)34-28(41)29(35-27(23)40)15-18-4-1-2-5-19(18)16-29/h1-2,4-5,7-10,21-23,36H,3,6,11-16,30H2,(H2,31,38)(H,32,37)(H,33,39)(H,34,41)(H,35,40)/t21-,22-,23?/m0/s1. The lowest BCUT2D eigenvalue weighted by Gasteiger charge is -2.33. The molecular formula is C29H36N6O6. The first kappa shape index (κ1) is 29.5. The summed E-state index contributed by atoms with van der Waals surface area (Å²) in [6.45, 7) is 0.238. The van der Waals surface area contributed by atoms with Gasteiger partial charge in [-0.2, -0.15) is 0 Å². The summed E-state index contributed by atoms with van der Waals surface area (Å²) in [6.07, 6.45) is 1.05. The number of fused-ring (bicyclic) bond motifs is 1. The van der Waals surface area contributed by atoms with Crippen molar-refractivity contribution in [3.8, 4) is 5.75 Å². The minimum atomic E-state index is -1.43. The molecule has 9 N–H and O–H groups in total. The molecular weight excluding hydrogens is 528 g/mol. The molecule has 1 fully saturated rings. The number of amides is 5. The van der Waals surface area contributed by atoms with Gasteiger partial charge in [0, 0.05) is 25.8 Å². The highest BCUT2D eigenvalue weighted by atomic mass is 16.3. The van der Waals surface area contributed by atoms with E-state index in [0.29, 0.717) is 6.42 Å². The molecule has 1 aliphatic carbocycles. The van der Waals surface area contributed by atoms with E-state index in [1.54, 1.807) is 12.1 Å². The number of rotatable bonds is 5. The smallest absolute Gasteiger partial charge is 0.247 e. The molecule has 3 atom stereocenters. The lowest BCUT2D eigenvalue weighted by atomic mass is 9.92. The number of aromatic hydroxyl groups is 1. The number of nitrogens with one attached hydrogen (secondary N) is 4. The minimum absolute atomic E-state index is 0.0154. The average Bonchev–Trinajstić information content (AvgIpc) is 3.32. The number of primary amides is 1. The van der Waals surface area contributed by atoms with E-state index >= 15 is 0 Å². The maximum Gasteiger partial charge on any atom is 0.247 e. The summed E-state index contributed by atoms with van der Waals surface area (Å²) >= 11 is 0. The van der Waals surface area contributed by atoms with Gasteiger partial charge in [0.1, 0.15) is 23.4 Å². The average molecular weight is 565 g/mol. The maximum absolute atomic E-state index is 13.7. The summed E-state index contributed by atoms with van der Waals surface area (Å²) in [4.78, 5) is 65.0. The summed E-state index contributed by atoms with van der Waals surface area (Å²) in [6, 6.07) is 10.6. The van der Waals surface area contributed by atoms with Crippen LogP contribution in [0.3, 0.4) is 0 Å². The maximum atomic E-state index is 13.7. The van der Waals surface area contributed by atoms with Gasteiger partial charge >= 0.3 is 0 Å². The molecule has 12 nitrogen and oxygen atoms in total. The number of hydrogen-bond acceptors (Lipinski definition) is 7. The molecule has 1 heterocycles. The van der Waals surface area contributed by atoms with E-state index in [-0.39, 0.29) is 56.7 Å². The van der Waals surface area contributed by atoms with Crippen LogP contribution in [0.15, 0.2) is 48.5 Å². The lowest BCUT2D eigenvalue weighted by molar-refractivity contribution is -0.137. The van der Waals surface area contributed by atoms with Crippen molar-refractivity contribution in [3.63, 3.8) is 0 Å². The van der Waals surface area contributed by atoms with Gasteiger partial charge in [0.25, 0.3) is 0 Å². The number of carbonyl (C=O) groups is 5. The number of carbonyl (C=O) groups excluding carboxylic acids is 5. The zero-order chi connectivity index (χ0) is 29.6. The first-order valence-electron chi connectivity index (χ1n) is 13.7. The van der Waals surface area contributed by atoms with Crippen molar-refractivity contribution in [1.82, 2.24) is 21.3 Å². The van der Waals surface area contributed by atoms with Crippen molar-refractivity contribution in [3.05, 3.63) is 65.2 Å². The molecule has 1 spiro atoms. The first-order valence-corrected chi connectivity index (χ1v) is 13.7. The Morgan fingerprint density at radius 2 is 1.68 bits per heavy atom. The third-order valence-electron chi connectivity index (χ3n) is 7.56. The van der Waals surface area contributed by atoms with Crippen LogP contribution in [0.2, 0.25) is 0 Å². The van der Waals surface area contributed by atoms with Gasteiger partial charge in [0.05, 0.1) is 6.04 Å². The number of hydrogen-bond donors (Lipinski definition) is 7. The Hall–Kier alpha value is -4.45. The molecule has 41 heavy (non-hydrogen) atoms. The Morgan fingerprint density at radius 1 is 1.02 bits per heavy atom. The second-order valence-electron chi connectivity index (χ2n) is 10.7. The second kappa shape index (κ2) is 12.8. The molecule has 1 unspecified atom stereocenters. The molecule has 0 aromatic heterocycles. The normalized spacial score (nSPS) is 21.9. The van der Waals surface area contributed by atoms with Gasteiger partial charge in [0.15, 0.2) is 0 Å². The van der Waals surface area contributed by atoms with Crippen LogP contribution in [-0.2, 0) is 43.2 Å². The topological polar surface area (TPSA) is 206 Å². The Balaban J connectivity index is 1.57. The number of phenols is 1. The van der Waals surface area contributed by atoms with E-state index < -0.39 is 47.3 Å². The van der Waals surface area contributed by atoms with Crippen LogP contribution < -0.4 is 32.7 Å². The van der Waals surface area contributed by atoms with Crippen molar-refractivity contribution < 1.29 is 29.1 Å². The van der Waals surface area contributed by atoms with Crippen LogP contribution in [0.4, 0.5) is 0 Å². The summed E-state index contributed by atoms with van der Waals surface area (Å²) in [5, 5.41) is 20.5. The van der Waals surface area contributed by atoms with Crippen LogP contribution in [0.25, 0.3) is 0 Å². The number of benzene rings is 2. The van der Waals surface area contributed by atoms with E-state index in [4.69, 9.17) is 11.5 Å². The van der Waals surface area contributed by atoms with Crippen LogP contribution in [0, 0.1) is 0 Å². The molecule has 2 aromatic rings. The molecule has 12 heteroatoms. The van der Waals surface area contributed by atoms with Crippen molar-refractivity contribution in [2.75, 3.05) is 6.54 Å². The predicted molar refractivity (Wildman–Crippen MR) is 149 cm³/mol. The molecule has 5 amide bonds. The van der Waals surface area contributed by atoms with Crippen LogP contribution in [0.5, 0.6) is 5.75 Å². The summed E-state index contributed by atoms with van der Waals surface area (Å²) in [5.74, 6) is -2.78. The lowest BCUT2D eigenvalue weighted by Crippen LogP contribution is -2.65. The molecule has 1 saturated heterocycles. The van der Waals surface area contributed by atoms with E-state index in [9.17, 15) is 29.1 Å². The molecule has 0 saturated carbocycles. The van der Waals surface area contributed by atoms with Crippen molar-refractivity contribution >= 4 is 29.5 Å². The summed E-state index contributed by atoms with van der Waals surface area (Å²) in [5.41, 5.74) is 12.7. The fourth-order valence-corrected chi connectivity index (χ4v) is 5.25. The third kappa shape index (κ3) is 7.40. The fourth-order valence-electron chi connectivity index (χ4n) is 5.25. The van der Waals surface area contributed by atoms with Gasteiger partial charge in [-0.25, -0.2) is 0 Å². The van der Waals surface area contributed by atoms with Gasteiger partial charge in [-0.3, -0.25) is 24.0 Å². The minimum Gasteiger partial charge on any atom is -0.508 e. The van der Waals surface area contributed by atoms with Crippen molar-refractivity contribution in [2.45, 2.75) is 68.6 Å². The van der Waals surface area contributed by atoms with E-state index in [2.05, 4.69) is 21.3 Å². The quantitative estimate of drug-likeness (QED) is 0.242. The highest BCUT2D eigenvalue weighted by molar-refractivity contribution is 5.98. The molecule has 2 aromatic carbocycles. The Labute approximate surface area is 237 Å². The van der Waals surface area contributed by atoms with Crippen LogP contribution >= 0.6 is 0 Å². The van der Waals surface area contributed by atoms with Crippen molar-refractivity contribution in [1.29, 1.82) is 0 Å². The molecule has 0 bridgehead atoms. The SMILES string of the molecule is NC(=O)[C@@H]1CCC(=O)NCCCC(NC(=O)[C@@H](N)Cc2ccc(O)cc2)C(=O)NC2(Cc3ccccc3C2)C(=O)N1. The van der Waals surface area contributed by atoms with Crippen LogP contribution in [-0.4, -0.2) is 64.9 Å². The Kier molecular flexibility index (Phi) is 9.23. The van der Waals surface area contributed by atoms with Gasteiger partial charge in [-0.1, -0.05) is 36.4 Å². The molecule has 0 radical (unpaired) electrons. The van der Waals surface area contributed by atoms with Gasteiger partial charge < -0.3 is 37.8 Å². The largest absolute Gasteiger partial charge is 0.508 e. The van der Waals surface area contributed by atoms with Gasteiger partial charge in [0.2, 0.25) is 29.5 Å². The highest BCUT2D eigenvalue weighted by Gasteiger charge is 2.47. The number of nitrogens with two attached hydrogens (primary N) is 2. The molecule has 4 rings (SSSR count). The van der Waals surface area contributed by atoms with Crippen LogP contribution in [0.1, 0.15) is 42.4 Å². The van der Waals surface area contributed by atoms with E-state index in [1.807, 2.05) is 24.3 Å². The highest BCUT2D eigenvalue weighted by Crippen LogP contribution is 2.31. The summed E-state index contributed by atoms with van der Waals surface area (Å²) < 4.78 is 0.